The van der Waals surface area contributed by atoms with Crippen LogP contribution in [-0.2, 0) is 10.0 Å². The van der Waals surface area contributed by atoms with E-state index in [9.17, 15) is 27.3 Å². The fraction of sp³-hybridized carbons (Fsp3) is 0.167. The fourth-order valence-electron chi connectivity index (χ4n) is 0.997. The summed E-state index contributed by atoms with van der Waals surface area (Å²) in [6, 6.07) is 0.403. The first-order valence-electron chi connectivity index (χ1n) is 3.80. The molecule has 0 radical (unpaired) electrons. The van der Waals surface area contributed by atoms with Gasteiger partial charge in [0.05, 0.1) is 4.92 Å². The molecule has 0 aliphatic rings. The number of alkyl halides is 2. The molecule has 0 fully saturated rings. The van der Waals surface area contributed by atoms with Crippen molar-refractivity contribution in [2.45, 2.75) is 11.3 Å². The molecule has 0 spiro atoms. The average Bonchev–Trinajstić information content (AvgIpc) is 2.14. The lowest BCUT2D eigenvalue weighted by Crippen LogP contribution is -2.16. The van der Waals surface area contributed by atoms with Gasteiger partial charge in [0, 0.05) is 0 Å². The van der Waals surface area contributed by atoms with Crippen molar-refractivity contribution in [3.63, 3.8) is 0 Å². The molecular formula is C6H4F2IN3O4S. The van der Waals surface area contributed by atoms with Gasteiger partial charge in [0.1, 0.15) is 5.69 Å². The predicted molar refractivity (Wildman–Crippen MR) is 59.9 cm³/mol. The van der Waals surface area contributed by atoms with Crippen molar-refractivity contribution in [1.82, 2.24) is 4.98 Å². The summed E-state index contributed by atoms with van der Waals surface area (Å²) in [4.78, 5) is 11.9. The van der Waals surface area contributed by atoms with Crippen LogP contribution in [0.2, 0.25) is 0 Å². The van der Waals surface area contributed by atoms with Crippen LogP contribution in [0.25, 0.3) is 0 Å². The third kappa shape index (κ3) is 3.04. The van der Waals surface area contributed by atoms with Crippen LogP contribution in [0.15, 0.2) is 11.0 Å². The Morgan fingerprint density at radius 1 is 1.53 bits per heavy atom. The summed E-state index contributed by atoms with van der Waals surface area (Å²) in [6.07, 6.45) is -3.05. The molecule has 1 aromatic rings. The number of nitrogens with zero attached hydrogens (tertiary/aromatic N) is 2. The van der Waals surface area contributed by atoms with Gasteiger partial charge in [0.15, 0.2) is 8.60 Å². The minimum Gasteiger partial charge on any atom is -0.258 e. The van der Waals surface area contributed by atoms with Crippen molar-refractivity contribution in [3.05, 3.63) is 25.6 Å². The third-order valence-electron chi connectivity index (χ3n) is 1.65. The van der Waals surface area contributed by atoms with E-state index >= 15 is 0 Å². The smallest absolute Gasteiger partial charge is 0.258 e. The number of nitro groups is 1. The molecule has 17 heavy (non-hydrogen) atoms. The normalized spacial score (nSPS) is 11.8. The average molecular weight is 379 g/mol. The zero-order valence-corrected chi connectivity index (χ0v) is 10.8. The maximum Gasteiger partial charge on any atom is 0.320 e. The van der Waals surface area contributed by atoms with Gasteiger partial charge in [-0.3, -0.25) is 10.1 Å². The topological polar surface area (TPSA) is 116 Å². The molecule has 1 rings (SSSR count). The molecule has 11 heteroatoms. The van der Waals surface area contributed by atoms with Crippen LogP contribution in [-0.4, -0.2) is 18.3 Å². The highest BCUT2D eigenvalue weighted by atomic mass is 127. The number of nitrogens with two attached hydrogens (primary N) is 1. The molecule has 2 N–H and O–H groups in total. The molecule has 0 bridgehead atoms. The van der Waals surface area contributed by atoms with Crippen LogP contribution in [0.4, 0.5) is 14.5 Å². The van der Waals surface area contributed by atoms with Gasteiger partial charge in [-0.05, 0) is 28.7 Å². The lowest BCUT2D eigenvalue weighted by Gasteiger charge is -2.05. The summed E-state index contributed by atoms with van der Waals surface area (Å²) in [5.41, 5.74) is -1.79. The van der Waals surface area contributed by atoms with E-state index in [4.69, 9.17) is 5.14 Å². The highest BCUT2D eigenvalue weighted by Crippen LogP contribution is 2.30. The molecule has 0 atom stereocenters. The van der Waals surface area contributed by atoms with Crippen molar-refractivity contribution in [1.29, 1.82) is 0 Å². The Balaban J connectivity index is 3.69. The van der Waals surface area contributed by atoms with Crippen molar-refractivity contribution in [3.8, 4) is 0 Å². The Morgan fingerprint density at radius 3 is 2.41 bits per heavy atom. The van der Waals surface area contributed by atoms with Crippen molar-refractivity contribution >= 4 is 38.3 Å². The quantitative estimate of drug-likeness (QED) is 0.366. The summed E-state index contributed by atoms with van der Waals surface area (Å²) in [7, 11) is -4.48. The first kappa shape index (κ1) is 14.1. The predicted octanol–water partition coefficient (Wildman–Crippen LogP) is 1.18. The van der Waals surface area contributed by atoms with E-state index in [0.717, 1.165) is 0 Å². The molecule has 0 amide bonds. The zero-order chi connectivity index (χ0) is 13.4. The van der Waals surface area contributed by atoms with E-state index in [0.29, 0.717) is 6.07 Å². The largest absolute Gasteiger partial charge is 0.320 e. The minimum atomic E-state index is -4.48. The molecule has 0 aliphatic carbocycles. The summed E-state index contributed by atoms with van der Waals surface area (Å²) in [5.74, 6) is 0. The van der Waals surface area contributed by atoms with Gasteiger partial charge in [-0.1, -0.05) is 0 Å². The van der Waals surface area contributed by atoms with Crippen LogP contribution in [0, 0.1) is 13.8 Å². The van der Waals surface area contributed by atoms with E-state index in [-0.39, 0.29) is 0 Å². The molecule has 0 aliphatic heterocycles. The number of halogens is 3. The summed E-state index contributed by atoms with van der Waals surface area (Å²) < 4.78 is 46.5. The standard InChI is InChI=1S/C6H4F2IN3O4S/c7-5(8)2-1-3(17(10,15)16)4(12(13)14)6(9)11-2/h1,5H,(H2,10,15,16). The van der Waals surface area contributed by atoms with Crippen LogP contribution in [0.1, 0.15) is 12.1 Å². The second-order valence-electron chi connectivity index (χ2n) is 2.79. The lowest BCUT2D eigenvalue weighted by molar-refractivity contribution is -0.389. The van der Waals surface area contributed by atoms with E-state index in [1.807, 2.05) is 0 Å². The highest BCUT2D eigenvalue weighted by Gasteiger charge is 2.29. The number of primary sulfonamides is 1. The van der Waals surface area contributed by atoms with E-state index in [2.05, 4.69) is 4.98 Å². The molecule has 0 unspecified atom stereocenters. The monoisotopic (exact) mass is 379 g/mol. The first-order valence-corrected chi connectivity index (χ1v) is 6.43. The number of rotatable bonds is 3. The van der Waals surface area contributed by atoms with Gasteiger partial charge in [0.2, 0.25) is 10.0 Å². The van der Waals surface area contributed by atoms with E-state index in [1.54, 1.807) is 0 Å². The zero-order valence-electron chi connectivity index (χ0n) is 7.80. The second kappa shape index (κ2) is 4.73. The number of pyridine rings is 1. The summed E-state index contributed by atoms with van der Waals surface area (Å²) in [6.45, 7) is 0. The van der Waals surface area contributed by atoms with Crippen molar-refractivity contribution in [2.75, 3.05) is 0 Å². The Kier molecular flexibility index (Phi) is 3.93. The van der Waals surface area contributed by atoms with Crippen LogP contribution in [0.5, 0.6) is 0 Å². The fourth-order valence-corrected chi connectivity index (χ4v) is 2.67. The van der Waals surface area contributed by atoms with Gasteiger partial charge in [-0.15, -0.1) is 0 Å². The van der Waals surface area contributed by atoms with E-state index < -0.39 is 41.3 Å². The first-order chi connectivity index (χ1) is 7.64. The minimum absolute atomic E-state index is 0.403. The SMILES string of the molecule is NS(=O)(=O)c1cc(C(F)F)nc(I)c1[N+](=O)[O-]. The van der Waals surface area contributed by atoms with E-state index in [1.165, 1.54) is 22.6 Å². The van der Waals surface area contributed by atoms with Crippen molar-refractivity contribution < 1.29 is 22.1 Å². The Hall–Kier alpha value is -0.950. The maximum absolute atomic E-state index is 12.4. The molecule has 0 aromatic carbocycles. The summed E-state index contributed by atoms with van der Waals surface area (Å²) >= 11 is 1.29. The molecular weight excluding hydrogens is 375 g/mol. The van der Waals surface area contributed by atoms with Crippen LogP contribution in [0.3, 0.4) is 0 Å². The molecule has 1 heterocycles. The second-order valence-corrected chi connectivity index (χ2v) is 5.34. The highest BCUT2D eigenvalue weighted by molar-refractivity contribution is 14.1. The molecule has 0 saturated heterocycles. The van der Waals surface area contributed by atoms with Gasteiger partial charge >= 0.3 is 5.69 Å². The Bertz CT molecular complexity index is 577. The van der Waals surface area contributed by atoms with Gasteiger partial charge in [-0.25, -0.2) is 27.3 Å². The third-order valence-corrected chi connectivity index (χ3v) is 3.32. The van der Waals surface area contributed by atoms with Gasteiger partial charge in [0.25, 0.3) is 6.43 Å². The Labute approximate surface area is 107 Å². The maximum atomic E-state index is 12.4. The molecule has 0 saturated carbocycles. The van der Waals surface area contributed by atoms with Crippen LogP contribution >= 0.6 is 22.6 Å². The Morgan fingerprint density at radius 2 is 2.06 bits per heavy atom. The molecule has 94 valence electrons. The van der Waals surface area contributed by atoms with Gasteiger partial charge < -0.3 is 0 Å². The van der Waals surface area contributed by atoms with Crippen molar-refractivity contribution in [2.24, 2.45) is 5.14 Å². The van der Waals surface area contributed by atoms with Gasteiger partial charge in [-0.2, -0.15) is 0 Å². The molecule has 7 nitrogen and oxygen atoms in total. The summed E-state index contributed by atoms with van der Waals surface area (Å²) in [5, 5.41) is 15.3. The number of aromatic nitrogens is 1. The number of hydrogen-bond donors (Lipinski definition) is 1. The molecule has 1 aromatic heterocycles. The number of hydrogen-bond acceptors (Lipinski definition) is 5. The van der Waals surface area contributed by atoms with Crippen LogP contribution < -0.4 is 5.14 Å². The lowest BCUT2D eigenvalue weighted by atomic mass is 10.3. The number of sulfonamides is 1.